The van der Waals surface area contributed by atoms with Gasteiger partial charge in [-0.3, -0.25) is 4.79 Å². The molecule has 0 aliphatic carbocycles. The zero-order valence-corrected chi connectivity index (χ0v) is 10.6. The molecule has 0 radical (unpaired) electrons. The summed E-state index contributed by atoms with van der Waals surface area (Å²) in [4.78, 5) is 12.5. The number of hydrogen-bond acceptors (Lipinski definition) is 3. The average molecular weight is 254 g/mol. The van der Waals surface area contributed by atoms with Crippen LogP contribution in [-0.2, 0) is 0 Å². The largest absolute Gasteiger partial charge is 0.497 e. The zero-order chi connectivity index (χ0) is 13.2. The van der Waals surface area contributed by atoms with Crippen LogP contribution in [0.3, 0.4) is 0 Å². The quantitative estimate of drug-likeness (QED) is 0.790. The molecule has 0 fully saturated rings. The Bertz CT molecular complexity index is 619. The first-order chi connectivity index (χ1) is 9.29. The predicted molar refractivity (Wildman–Crippen MR) is 72.0 cm³/mol. The van der Waals surface area contributed by atoms with Crippen LogP contribution in [0.2, 0.25) is 0 Å². The molecule has 1 unspecified atom stereocenters. The molecule has 3 rings (SSSR count). The van der Waals surface area contributed by atoms with Crippen molar-refractivity contribution < 1.29 is 14.3 Å². The van der Waals surface area contributed by atoms with Crippen molar-refractivity contribution in [1.29, 1.82) is 0 Å². The molecule has 1 atom stereocenters. The Labute approximate surface area is 111 Å². The van der Waals surface area contributed by atoms with Gasteiger partial charge in [-0.05, 0) is 18.2 Å². The third-order valence-electron chi connectivity index (χ3n) is 3.37. The van der Waals surface area contributed by atoms with Gasteiger partial charge in [-0.25, -0.2) is 0 Å². The van der Waals surface area contributed by atoms with E-state index in [0.29, 0.717) is 17.9 Å². The van der Waals surface area contributed by atoms with E-state index in [4.69, 9.17) is 9.47 Å². The highest BCUT2D eigenvalue weighted by Gasteiger charge is 2.30. The molecule has 96 valence electrons. The number of Topliss-reactive ketones (excluding diaryl/α,β-unsaturated/α-hetero) is 1. The van der Waals surface area contributed by atoms with E-state index in [1.54, 1.807) is 13.2 Å². The van der Waals surface area contributed by atoms with Gasteiger partial charge in [0.15, 0.2) is 5.78 Å². The number of methoxy groups -OCH3 is 1. The molecule has 0 amide bonds. The maximum Gasteiger partial charge on any atom is 0.174 e. The molecule has 2 aromatic carbocycles. The molecule has 3 nitrogen and oxygen atoms in total. The Morgan fingerprint density at radius 3 is 2.89 bits per heavy atom. The van der Waals surface area contributed by atoms with Crippen LogP contribution in [0, 0.1) is 0 Å². The number of fused-ring (bicyclic) bond motifs is 1. The molecular weight excluding hydrogens is 240 g/mol. The highest BCUT2D eigenvalue weighted by Crippen LogP contribution is 2.35. The summed E-state index contributed by atoms with van der Waals surface area (Å²) in [5.41, 5.74) is 1.62. The minimum Gasteiger partial charge on any atom is -0.497 e. The van der Waals surface area contributed by atoms with E-state index in [9.17, 15) is 4.79 Å². The molecule has 2 aromatic rings. The molecule has 1 heterocycles. The van der Waals surface area contributed by atoms with Crippen LogP contribution in [0.1, 0.15) is 21.8 Å². The molecule has 1 aliphatic rings. The van der Waals surface area contributed by atoms with Gasteiger partial charge in [-0.1, -0.05) is 30.3 Å². The van der Waals surface area contributed by atoms with Crippen molar-refractivity contribution in [2.24, 2.45) is 0 Å². The van der Waals surface area contributed by atoms with Gasteiger partial charge in [-0.2, -0.15) is 0 Å². The van der Waals surface area contributed by atoms with Crippen LogP contribution in [0.25, 0.3) is 0 Å². The van der Waals surface area contributed by atoms with Crippen molar-refractivity contribution in [3.8, 4) is 11.5 Å². The standard InChI is InChI=1S/C16H14O3/c1-18-12-6-4-5-11(9-12)16(17)14-10-19-15-8-3-2-7-13(14)15/h2-9,14H,10H2,1H3. The number of para-hydroxylation sites is 1. The van der Waals surface area contributed by atoms with E-state index < -0.39 is 0 Å². The van der Waals surface area contributed by atoms with E-state index in [-0.39, 0.29) is 11.7 Å². The van der Waals surface area contributed by atoms with Crippen LogP contribution in [-0.4, -0.2) is 19.5 Å². The maximum absolute atomic E-state index is 12.5. The average Bonchev–Trinajstić information content (AvgIpc) is 2.90. The first-order valence-corrected chi connectivity index (χ1v) is 6.19. The molecule has 0 spiro atoms. The Morgan fingerprint density at radius 1 is 1.21 bits per heavy atom. The minimum absolute atomic E-state index is 0.0730. The highest BCUT2D eigenvalue weighted by molar-refractivity contribution is 6.02. The van der Waals surface area contributed by atoms with Crippen LogP contribution in [0.15, 0.2) is 48.5 Å². The molecule has 0 bridgehead atoms. The molecule has 0 saturated heterocycles. The highest BCUT2D eigenvalue weighted by atomic mass is 16.5. The molecule has 0 saturated carbocycles. The summed E-state index contributed by atoms with van der Waals surface area (Å²) in [6.45, 7) is 0.412. The molecule has 19 heavy (non-hydrogen) atoms. The van der Waals surface area contributed by atoms with Gasteiger partial charge in [0.2, 0.25) is 0 Å². The third-order valence-corrected chi connectivity index (χ3v) is 3.37. The predicted octanol–water partition coefficient (Wildman–Crippen LogP) is 3.05. The Morgan fingerprint density at radius 2 is 2.05 bits per heavy atom. The molecule has 1 aliphatic heterocycles. The lowest BCUT2D eigenvalue weighted by Crippen LogP contribution is -2.14. The van der Waals surface area contributed by atoms with Gasteiger partial charge >= 0.3 is 0 Å². The fourth-order valence-electron chi connectivity index (χ4n) is 2.36. The summed E-state index contributed by atoms with van der Waals surface area (Å²) in [6, 6.07) is 14.9. The van der Waals surface area contributed by atoms with Crippen LogP contribution in [0.5, 0.6) is 11.5 Å². The van der Waals surface area contributed by atoms with Crippen molar-refractivity contribution in [2.45, 2.75) is 5.92 Å². The van der Waals surface area contributed by atoms with Gasteiger partial charge in [0, 0.05) is 11.1 Å². The van der Waals surface area contributed by atoms with Crippen molar-refractivity contribution in [2.75, 3.05) is 13.7 Å². The van der Waals surface area contributed by atoms with E-state index in [2.05, 4.69) is 0 Å². The summed E-state index contributed by atoms with van der Waals surface area (Å²) in [5, 5.41) is 0. The normalized spacial score (nSPS) is 16.6. The lowest BCUT2D eigenvalue weighted by atomic mass is 9.92. The first-order valence-electron chi connectivity index (χ1n) is 6.19. The number of hydrogen-bond donors (Lipinski definition) is 0. The Balaban J connectivity index is 1.93. The summed E-state index contributed by atoms with van der Waals surface area (Å²) < 4.78 is 10.7. The van der Waals surface area contributed by atoms with Crippen LogP contribution < -0.4 is 9.47 Å². The van der Waals surface area contributed by atoms with Gasteiger partial charge in [0.1, 0.15) is 18.1 Å². The lowest BCUT2D eigenvalue weighted by molar-refractivity contribution is 0.0947. The van der Waals surface area contributed by atoms with Gasteiger partial charge in [0.25, 0.3) is 0 Å². The summed E-state index contributed by atoms with van der Waals surface area (Å²) >= 11 is 0. The molecule has 0 aromatic heterocycles. The van der Waals surface area contributed by atoms with Crippen molar-refractivity contribution in [3.63, 3.8) is 0 Å². The van der Waals surface area contributed by atoms with Crippen LogP contribution >= 0.6 is 0 Å². The maximum atomic E-state index is 12.5. The van der Waals surface area contributed by atoms with Gasteiger partial charge < -0.3 is 9.47 Å². The second-order valence-corrected chi connectivity index (χ2v) is 4.50. The van der Waals surface area contributed by atoms with Crippen molar-refractivity contribution in [1.82, 2.24) is 0 Å². The van der Waals surface area contributed by atoms with E-state index in [1.807, 2.05) is 42.5 Å². The fraction of sp³-hybridized carbons (Fsp3) is 0.188. The second-order valence-electron chi connectivity index (χ2n) is 4.50. The van der Waals surface area contributed by atoms with E-state index in [0.717, 1.165) is 11.3 Å². The Hall–Kier alpha value is -2.29. The van der Waals surface area contributed by atoms with E-state index >= 15 is 0 Å². The SMILES string of the molecule is COc1cccc(C(=O)C2COc3ccccc32)c1. The number of rotatable bonds is 3. The monoisotopic (exact) mass is 254 g/mol. The number of ketones is 1. The van der Waals surface area contributed by atoms with E-state index in [1.165, 1.54) is 0 Å². The number of carbonyl (C=O) groups is 1. The van der Waals surface area contributed by atoms with Gasteiger partial charge in [-0.15, -0.1) is 0 Å². The zero-order valence-electron chi connectivity index (χ0n) is 10.6. The van der Waals surface area contributed by atoms with Crippen LogP contribution in [0.4, 0.5) is 0 Å². The number of ether oxygens (including phenoxy) is 2. The summed E-state index contributed by atoms with van der Waals surface area (Å²) in [5.74, 6) is 1.36. The number of benzene rings is 2. The lowest BCUT2D eigenvalue weighted by Gasteiger charge is -2.09. The number of carbonyl (C=O) groups excluding carboxylic acids is 1. The van der Waals surface area contributed by atoms with Crippen molar-refractivity contribution >= 4 is 5.78 Å². The Kier molecular flexibility index (Phi) is 2.95. The third kappa shape index (κ3) is 2.08. The topological polar surface area (TPSA) is 35.5 Å². The molecule has 3 heteroatoms. The first kappa shape index (κ1) is 11.8. The second kappa shape index (κ2) is 4.76. The summed E-state index contributed by atoms with van der Waals surface area (Å²) in [7, 11) is 1.59. The fourth-order valence-corrected chi connectivity index (χ4v) is 2.36. The molecule has 0 N–H and O–H groups in total. The van der Waals surface area contributed by atoms with Crippen molar-refractivity contribution in [3.05, 3.63) is 59.7 Å². The minimum atomic E-state index is -0.219. The summed E-state index contributed by atoms with van der Waals surface area (Å²) in [6.07, 6.45) is 0. The molecular formula is C16H14O3. The van der Waals surface area contributed by atoms with Gasteiger partial charge in [0.05, 0.1) is 13.0 Å². The smallest absolute Gasteiger partial charge is 0.174 e.